The second-order valence-electron chi connectivity index (χ2n) is 5.60. The molecule has 0 spiro atoms. The predicted octanol–water partition coefficient (Wildman–Crippen LogP) is 3.00. The first kappa shape index (κ1) is 16.6. The van der Waals surface area contributed by atoms with Gasteiger partial charge in [-0.1, -0.05) is 18.2 Å². The number of hydrogen-bond acceptors (Lipinski definition) is 4. The van der Waals surface area contributed by atoms with E-state index in [9.17, 15) is 9.90 Å². The number of nitrogens with zero attached hydrogens (tertiary/aromatic N) is 2. The second-order valence-corrected chi connectivity index (χ2v) is 7.44. The number of β-amino-alcohol motifs (C(OH)–C–C–N with tert-alkyl or cyclic N) is 1. The lowest BCUT2D eigenvalue weighted by Crippen LogP contribution is -2.49. The maximum atomic E-state index is 12.6. The summed E-state index contributed by atoms with van der Waals surface area (Å²) in [5.74, 6) is 0.0657. The second kappa shape index (κ2) is 7.57. The van der Waals surface area contributed by atoms with E-state index in [0.717, 1.165) is 22.4 Å². The topological polar surface area (TPSA) is 43.8 Å². The number of benzene rings is 1. The lowest BCUT2D eigenvalue weighted by atomic mass is 10.1. The van der Waals surface area contributed by atoms with Gasteiger partial charge < -0.3 is 10.0 Å². The van der Waals surface area contributed by atoms with Gasteiger partial charge in [0.15, 0.2) is 0 Å². The number of rotatable bonds is 4. The Labute approximate surface area is 148 Å². The molecule has 4 nitrogen and oxygen atoms in total. The summed E-state index contributed by atoms with van der Waals surface area (Å²) in [7, 11) is 0. The first-order chi connectivity index (χ1) is 11.1. The van der Waals surface area contributed by atoms with Crippen LogP contribution in [0.25, 0.3) is 0 Å². The molecule has 2 heterocycles. The van der Waals surface area contributed by atoms with Gasteiger partial charge in [0.2, 0.25) is 0 Å². The first-order valence-corrected chi connectivity index (χ1v) is 9.30. The van der Waals surface area contributed by atoms with E-state index in [1.807, 2.05) is 46.7 Å². The van der Waals surface area contributed by atoms with E-state index in [0.29, 0.717) is 25.2 Å². The molecular weight excluding hydrogens is 376 g/mol. The standard InChI is InChI=1S/C17H19BrN2O2S/c18-14-5-2-1-4-13(14)17(22)20-9-7-19(8-10-20)12-15(21)16-6-3-11-23-16/h1-6,11,15,21H,7-10,12H2. The summed E-state index contributed by atoms with van der Waals surface area (Å²) < 4.78 is 0.834. The molecule has 0 aliphatic carbocycles. The van der Waals surface area contributed by atoms with Crippen LogP contribution in [0.5, 0.6) is 0 Å². The summed E-state index contributed by atoms with van der Waals surface area (Å²) in [6.45, 7) is 3.59. The molecule has 0 saturated carbocycles. The Morgan fingerprint density at radius 2 is 1.91 bits per heavy atom. The Balaban J connectivity index is 1.54. The third-order valence-corrected chi connectivity index (χ3v) is 5.73. The summed E-state index contributed by atoms with van der Waals surface area (Å²) in [6.07, 6.45) is -0.444. The molecule has 1 aliphatic heterocycles. The van der Waals surface area contributed by atoms with Crippen molar-refractivity contribution in [2.24, 2.45) is 0 Å². The minimum atomic E-state index is -0.444. The number of piperazine rings is 1. The quantitative estimate of drug-likeness (QED) is 0.866. The molecule has 1 unspecified atom stereocenters. The molecule has 1 saturated heterocycles. The number of amides is 1. The summed E-state index contributed by atoms with van der Waals surface area (Å²) in [6, 6.07) is 11.4. The van der Waals surface area contributed by atoms with Crippen molar-refractivity contribution in [3.8, 4) is 0 Å². The highest BCUT2D eigenvalue weighted by Gasteiger charge is 2.24. The van der Waals surface area contributed by atoms with Crippen LogP contribution < -0.4 is 0 Å². The molecule has 1 aromatic heterocycles. The average Bonchev–Trinajstić information content (AvgIpc) is 3.10. The van der Waals surface area contributed by atoms with Gasteiger partial charge in [-0.25, -0.2) is 0 Å². The smallest absolute Gasteiger partial charge is 0.255 e. The summed E-state index contributed by atoms with van der Waals surface area (Å²) in [5, 5.41) is 12.2. The normalized spacial score (nSPS) is 17.2. The summed E-state index contributed by atoms with van der Waals surface area (Å²) in [5.41, 5.74) is 0.708. The molecule has 1 amide bonds. The molecule has 3 rings (SSSR count). The highest BCUT2D eigenvalue weighted by atomic mass is 79.9. The third-order valence-electron chi connectivity index (χ3n) is 4.07. The largest absolute Gasteiger partial charge is 0.386 e. The van der Waals surface area contributed by atoms with Crippen LogP contribution in [0.15, 0.2) is 46.3 Å². The van der Waals surface area contributed by atoms with E-state index in [-0.39, 0.29) is 5.91 Å². The molecule has 6 heteroatoms. The van der Waals surface area contributed by atoms with Crippen molar-refractivity contribution >= 4 is 33.2 Å². The molecule has 0 radical (unpaired) electrons. The SMILES string of the molecule is O=C(c1ccccc1Br)N1CCN(CC(O)c2cccs2)CC1. The Kier molecular flexibility index (Phi) is 5.48. The average molecular weight is 395 g/mol. The lowest BCUT2D eigenvalue weighted by Gasteiger charge is -2.35. The van der Waals surface area contributed by atoms with Gasteiger partial charge in [-0.3, -0.25) is 9.69 Å². The molecule has 1 aromatic carbocycles. The van der Waals surface area contributed by atoms with Crippen molar-refractivity contribution in [3.05, 3.63) is 56.7 Å². The Morgan fingerprint density at radius 1 is 1.17 bits per heavy atom. The van der Waals surface area contributed by atoms with Gasteiger partial charge in [0.1, 0.15) is 6.10 Å². The van der Waals surface area contributed by atoms with Gasteiger partial charge in [0.25, 0.3) is 5.91 Å². The van der Waals surface area contributed by atoms with E-state index in [4.69, 9.17) is 0 Å². The fourth-order valence-electron chi connectivity index (χ4n) is 2.75. The van der Waals surface area contributed by atoms with Crippen LogP contribution in [0.2, 0.25) is 0 Å². The monoisotopic (exact) mass is 394 g/mol. The van der Waals surface area contributed by atoms with Gasteiger partial charge in [0, 0.05) is 42.1 Å². The third kappa shape index (κ3) is 4.01. The maximum absolute atomic E-state index is 12.6. The van der Waals surface area contributed by atoms with Crippen molar-refractivity contribution in [1.82, 2.24) is 9.80 Å². The van der Waals surface area contributed by atoms with Crippen LogP contribution in [0, 0.1) is 0 Å². The highest BCUT2D eigenvalue weighted by molar-refractivity contribution is 9.10. The summed E-state index contributed by atoms with van der Waals surface area (Å²) in [4.78, 5) is 17.7. The Morgan fingerprint density at radius 3 is 2.57 bits per heavy atom. The fourth-order valence-corrected chi connectivity index (χ4v) is 3.91. The molecule has 1 fully saturated rings. The van der Waals surface area contributed by atoms with E-state index < -0.39 is 6.10 Å². The zero-order valence-corrected chi connectivity index (χ0v) is 15.1. The van der Waals surface area contributed by atoms with Crippen molar-refractivity contribution < 1.29 is 9.90 Å². The number of thiophene rings is 1. The predicted molar refractivity (Wildman–Crippen MR) is 95.8 cm³/mol. The van der Waals surface area contributed by atoms with Crippen LogP contribution in [0.1, 0.15) is 21.3 Å². The van der Waals surface area contributed by atoms with E-state index in [1.54, 1.807) is 11.3 Å². The maximum Gasteiger partial charge on any atom is 0.255 e. The lowest BCUT2D eigenvalue weighted by molar-refractivity contribution is 0.0532. The van der Waals surface area contributed by atoms with Gasteiger partial charge >= 0.3 is 0 Å². The van der Waals surface area contributed by atoms with Crippen molar-refractivity contribution in [3.63, 3.8) is 0 Å². The van der Waals surface area contributed by atoms with Crippen LogP contribution in [0.4, 0.5) is 0 Å². The van der Waals surface area contributed by atoms with E-state index in [1.165, 1.54) is 0 Å². The zero-order valence-electron chi connectivity index (χ0n) is 12.7. The van der Waals surface area contributed by atoms with Gasteiger partial charge in [-0.2, -0.15) is 0 Å². The van der Waals surface area contributed by atoms with Crippen LogP contribution >= 0.6 is 27.3 Å². The molecule has 122 valence electrons. The molecule has 2 aromatic rings. The number of hydrogen-bond donors (Lipinski definition) is 1. The number of carbonyl (C=O) groups is 1. The van der Waals surface area contributed by atoms with Crippen LogP contribution in [-0.4, -0.2) is 53.5 Å². The fraction of sp³-hybridized carbons (Fsp3) is 0.353. The number of aliphatic hydroxyl groups is 1. The molecule has 0 bridgehead atoms. The highest BCUT2D eigenvalue weighted by Crippen LogP contribution is 2.21. The summed E-state index contributed by atoms with van der Waals surface area (Å²) >= 11 is 5.02. The van der Waals surface area contributed by atoms with Crippen molar-refractivity contribution in [2.75, 3.05) is 32.7 Å². The molecule has 23 heavy (non-hydrogen) atoms. The van der Waals surface area contributed by atoms with E-state index in [2.05, 4.69) is 20.8 Å². The van der Waals surface area contributed by atoms with Gasteiger partial charge in [-0.05, 0) is 39.5 Å². The molecule has 1 aliphatic rings. The molecule has 1 N–H and O–H groups in total. The molecular formula is C17H19BrN2O2S. The minimum absolute atomic E-state index is 0.0657. The number of aliphatic hydroxyl groups excluding tert-OH is 1. The first-order valence-electron chi connectivity index (χ1n) is 7.63. The van der Waals surface area contributed by atoms with Gasteiger partial charge in [0.05, 0.1) is 5.56 Å². The minimum Gasteiger partial charge on any atom is -0.386 e. The number of halogens is 1. The van der Waals surface area contributed by atoms with E-state index >= 15 is 0 Å². The van der Waals surface area contributed by atoms with Crippen molar-refractivity contribution in [2.45, 2.75) is 6.10 Å². The van der Waals surface area contributed by atoms with Gasteiger partial charge in [-0.15, -0.1) is 11.3 Å². The van der Waals surface area contributed by atoms with Crippen LogP contribution in [0.3, 0.4) is 0 Å². The van der Waals surface area contributed by atoms with Crippen LogP contribution in [-0.2, 0) is 0 Å². The number of carbonyl (C=O) groups excluding carboxylic acids is 1. The molecule has 1 atom stereocenters. The zero-order chi connectivity index (χ0) is 16.2. The Bertz CT molecular complexity index is 654. The van der Waals surface area contributed by atoms with Crippen molar-refractivity contribution in [1.29, 1.82) is 0 Å². The Hall–Kier alpha value is -1.21.